The van der Waals surface area contributed by atoms with E-state index in [2.05, 4.69) is 17.4 Å². The molecule has 2 unspecified atom stereocenters. The van der Waals surface area contributed by atoms with Crippen LogP contribution in [0, 0.1) is 5.92 Å². The lowest BCUT2D eigenvalue weighted by Crippen LogP contribution is -2.48. The Balaban J connectivity index is 1.39. The number of para-hydroxylation sites is 2. The van der Waals surface area contributed by atoms with E-state index in [0.717, 1.165) is 11.5 Å². The van der Waals surface area contributed by atoms with Crippen molar-refractivity contribution < 1.29 is 14.3 Å². The second-order valence-corrected chi connectivity index (χ2v) is 7.21. The van der Waals surface area contributed by atoms with E-state index in [1.54, 1.807) is 4.90 Å². The van der Waals surface area contributed by atoms with Crippen LogP contribution in [0.3, 0.4) is 0 Å². The quantitative estimate of drug-likeness (QED) is 0.840. The molecular formula is C22H26N2O3. The highest BCUT2D eigenvalue weighted by atomic mass is 16.6. The van der Waals surface area contributed by atoms with E-state index in [0.29, 0.717) is 25.6 Å². The van der Waals surface area contributed by atoms with Gasteiger partial charge in [0.05, 0.1) is 12.6 Å². The molecule has 142 valence electrons. The molecule has 5 heteroatoms. The average molecular weight is 366 g/mol. The molecule has 1 fully saturated rings. The molecule has 0 saturated heterocycles. The van der Waals surface area contributed by atoms with E-state index < -0.39 is 0 Å². The van der Waals surface area contributed by atoms with Gasteiger partial charge in [0, 0.05) is 6.54 Å². The van der Waals surface area contributed by atoms with E-state index >= 15 is 0 Å². The fourth-order valence-corrected chi connectivity index (χ4v) is 3.54. The first kappa shape index (κ1) is 17.7. The second-order valence-electron chi connectivity index (χ2n) is 7.21. The fourth-order valence-electron chi connectivity index (χ4n) is 3.54. The molecule has 2 aliphatic rings. The maximum Gasteiger partial charge on any atom is 0.318 e. The molecule has 2 atom stereocenters. The summed E-state index contributed by atoms with van der Waals surface area (Å²) < 4.78 is 11.8. The molecule has 2 aromatic carbocycles. The minimum absolute atomic E-state index is 0.0410. The van der Waals surface area contributed by atoms with Gasteiger partial charge in [-0.05, 0) is 43.4 Å². The van der Waals surface area contributed by atoms with Crippen LogP contribution in [-0.4, -0.2) is 36.7 Å². The summed E-state index contributed by atoms with van der Waals surface area (Å²) in [6.07, 6.45) is 2.17. The molecule has 5 nitrogen and oxygen atoms in total. The topological polar surface area (TPSA) is 50.8 Å². The first-order chi connectivity index (χ1) is 13.2. The third-order valence-electron chi connectivity index (χ3n) is 5.19. The van der Waals surface area contributed by atoms with Crippen LogP contribution in [0.2, 0.25) is 0 Å². The number of nitrogens with one attached hydrogen (secondary N) is 1. The first-order valence-electron chi connectivity index (χ1n) is 9.73. The van der Waals surface area contributed by atoms with Crippen LogP contribution < -0.4 is 14.8 Å². The summed E-state index contributed by atoms with van der Waals surface area (Å²) in [5.41, 5.74) is 1.18. The average Bonchev–Trinajstić information content (AvgIpc) is 3.55. The zero-order valence-corrected chi connectivity index (χ0v) is 15.6. The van der Waals surface area contributed by atoms with Gasteiger partial charge in [0.15, 0.2) is 17.6 Å². The lowest BCUT2D eigenvalue weighted by atomic mass is 10.0. The van der Waals surface area contributed by atoms with Gasteiger partial charge < -0.3 is 19.7 Å². The van der Waals surface area contributed by atoms with Crippen LogP contribution >= 0.6 is 0 Å². The Morgan fingerprint density at radius 3 is 2.52 bits per heavy atom. The van der Waals surface area contributed by atoms with Crippen molar-refractivity contribution in [1.29, 1.82) is 0 Å². The van der Waals surface area contributed by atoms with E-state index in [-0.39, 0.29) is 18.2 Å². The number of ether oxygens (including phenoxy) is 2. The summed E-state index contributed by atoms with van der Waals surface area (Å²) in [6.45, 7) is 3.57. The van der Waals surface area contributed by atoms with Gasteiger partial charge in [0.2, 0.25) is 0 Å². The molecule has 4 rings (SSSR count). The number of rotatable bonds is 6. The summed E-state index contributed by atoms with van der Waals surface area (Å²) >= 11 is 0. The van der Waals surface area contributed by atoms with Crippen molar-refractivity contribution >= 4 is 6.03 Å². The van der Waals surface area contributed by atoms with Crippen LogP contribution in [0.5, 0.6) is 11.5 Å². The predicted octanol–water partition coefficient (Wildman–Crippen LogP) is 4.01. The molecule has 1 heterocycles. The second kappa shape index (κ2) is 7.91. The van der Waals surface area contributed by atoms with Crippen molar-refractivity contribution in [3.05, 3.63) is 60.2 Å². The zero-order valence-electron chi connectivity index (χ0n) is 15.6. The van der Waals surface area contributed by atoms with Gasteiger partial charge in [0.1, 0.15) is 6.61 Å². The molecule has 1 N–H and O–H groups in total. The van der Waals surface area contributed by atoms with E-state index in [9.17, 15) is 4.79 Å². The lowest BCUT2D eigenvalue weighted by molar-refractivity contribution is 0.0670. The Labute approximate surface area is 160 Å². The fraction of sp³-hybridized carbons (Fsp3) is 0.409. The Morgan fingerprint density at radius 2 is 1.81 bits per heavy atom. The Kier molecular flexibility index (Phi) is 5.19. The maximum absolute atomic E-state index is 12.9. The van der Waals surface area contributed by atoms with E-state index in [1.165, 1.54) is 18.4 Å². The lowest BCUT2D eigenvalue weighted by Gasteiger charge is -2.32. The van der Waals surface area contributed by atoms with Crippen LogP contribution in [0.4, 0.5) is 4.79 Å². The number of benzene rings is 2. The molecule has 2 aromatic rings. The molecule has 0 aromatic heterocycles. The third kappa shape index (κ3) is 4.18. The number of carbonyl (C=O) groups is 1. The largest absolute Gasteiger partial charge is 0.486 e. The Hall–Kier alpha value is -2.69. The molecule has 0 spiro atoms. The highest BCUT2D eigenvalue weighted by Crippen LogP contribution is 2.41. The number of hydrogen-bond acceptors (Lipinski definition) is 3. The van der Waals surface area contributed by atoms with Gasteiger partial charge >= 0.3 is 6.03 Å². The highest BCUT2D eigenvalue weighted by Gasteiger charge is 2.34. The van der Waals surface area contributed by atoms with Gasteiger partial charge in [-0.3, -0.25) is 0 Å². The zero-order chi connectivity index (χ0) is 18.6. The number of carbonyl (C=O) groups excluding carboxylic acids is 1. The van der Waals surface area contributed by atoms with Crippen molar-refractivity contribution in [3.8, 4) is 11.5 Å². The minimum Gasteiger partial charge on any atom is -0.486 e. The number of urea groups is 1. The summed E-state index contributed by atoms with van der Waals surface area (Å²) in [4.78, 5) is 14.7. The summed E-state index contributed by atoms with van der Waals surface area (Å²) in [5, 5.41) is 3.25. The predicted molar refractivity (Wildman–Crippen MR) is 104 cm³/mol. The van der Waals surface area contributed by atoms with Crippen LogP contribution in [-0.2, 0) is 0 Å². The van der Waals surface area contributed by atoms with Crippen LogP contribution in [0.1, 0.15) is 31.4 Å². The molecular weight excluding hydrogens is 340 g/mol. The number of hydrogen-bond donors (Lipinski definition) is 1. The number of amides is 2. The summed E-state index contributed by atoms with van der Waals surface area (Å²) in [7, 11) is 0. The van der Waals surface area contributed by atoms with Crippen molar-refractivity contribution in [3.63, 3.8) is 0 Å². The molecule has 2 amide bonds. The van der Waals surface area contributed by atoms with Gasteiger partial charge in [-0.1, -0.05) is 42.5 Å². The molecule has 1 aliphatic carbocycles. The number of nitrogens with zero attached hydrogens (tertiary/aromatic N) is 1. The van der Waals surface area contributed by atoms with E-state index in [1.807, 2.05) is 49.4 Å². The van der Waals surface area contributed by atoms with Gasteiger partial charge in [-0.25, -0.2) is 4.79 Å². The van der Waals surface area contributed by atoms with Crippen molar-refractivity contribution in [2.45, 2.75) is 31.9 Å². The molecule has 1 aliphatic heterocycles. The smallest absolute Gasteiger partial charge is 0.318 e. The molecule has 0 radical (unpaired) electrons. The van der Waals surface area contributed by atoms with E-state index in [4.69, 9.17) is 9.47 Å². The van der Waals surface area contributed by atoms with Crippen LogP contribution in [0.15, 0.2) is 54.6 Å². The molecule has 1 saturated carbocycles. The third-order valence-corrected chi connectivity index (χ3v) is 5.19. The number of fused-ring (bicyclic) bond motifs is 1. The van der Waals surface area contributed by atoms with Crippen molar-refractivity contribution in [1.82, 2.24) is 10.2 Å². The summed E-state index contributed by atoms with van der Waals surface area (Å²) in [6, 6.07) is 17.9. The minimum atomic E-state index is -0.165. The Bertz CT molecular complexity index is 776. The van der Waals surface area contributed by atoms with Crippen molar-refractivity contribution in [2.24, 2.45) is 5.92 Å². The highest BCUT2D eigenvalue weighted by molar-refractivity contribution is 5.75. The Morgan fingerprint density at radius 1 is 1.11 bits per heavy atom. The van der Waals surface area contributed by atoms with Gasteiger partial charge in [-0.2, -0.15) is 0 Å². The standard InChI is InChI=1S/C22H26N2O3/c1-2-24(14-18-15-26-19-10-6-7-11-20(19)27-18)22(25)23-21(17-12-13-17)16-8-4-3-5-9-16/h3-11,17-18,21H,2,12-15H2,1H3,(H,23,25). The van der Waals surface area contributed by atoms with Gasteiger partial charge in [-0.15, -0.1) is 0 Å². The number of likely N-dealkylation sites (N-methyl/N-ethyl adjacent to an activating group) is 1. The van der Waals surface area contributed by atoms with Gasteiger partial charge in [0.25, 0.3) is 0 Å². The SMILES string of the molecule is CCN(CC1COc2ccccc2O1)C(=O)NC(c1ccccc1)C1CC1. The van der Waals surface area contributed by atoms with Crippen LogP contribution in [0.25, 0.3) is 0 Å². The molecule has 0 bridgehead atoms. The summed E-state index contributed by atoms with van der Waals surface area (Å²) in [5.74, 6) is 2.04. The normalized spacial score (nSPS) is 19.2. The maximum atomic E-state index is 12.9. The molecule has 27 heavy (non-hydrogen) atoms. The first-order valence-corrected chi connectivity index (χ1v) is 9.73. The van der Waals surface area contributed by atoms with Crippen molar-refractivity contribution in [2.75, 3.05) is 19.7 Å². The monoisotopic (exact) mass is 366 g/mol.